The van der Waals surface area contributed by atoms with Gasteiger partial charge in [-0.25, -0.2) is 9.97 Å². The van der Waals surface area contributed by atoms with E-state index >= 15 is 0 Å². The first kappa shape index (κ1) is 17.8. The van der Waals surface area contributed by atoms with Crippen molar-refractivity contribution in [3.05, 3.63) is 29.8 Å². The summed E-state index contributed by atoms with van der Waals surface area (Å²) in [5.74, 6) is 0.672. The molecule has 0 radical (unpaired) electrons. The van der Waals surface area contributed by atoms with Crippen LogP contribution in [0.1, 0.15) is 48.4 Å². The van der Waals surface area contributed by atoms with Crippen LogP contribution in [0.25, 0.3) is 0 Å². The molecule has 3 heterocycles. The first-order valence-corrected chi connectivity index (χ1v) is 8.53. The van der Waals surface area contributed by atoms with Gasteiger partial charge >= 0.3 is 0 Å². The van der Waals surface area contributed by atoms with Crippen LogP contribution in [0.4, 0.5) is 5.95 Å². The standard InChI is InChI=1S/C17H21N5O4/c1-3-14(23)20-17-18-7-4-12(19-17)11-5-8-22(9-6-11)16(24)13-10-15(25-2)21-26-13/h4,7,10-11H,3,5-6,8-9H2,1-2H3,(H,18,19,20,23). The number of aromatic nitrogens is 3. The number of carbonyl (C=O) groups excluding carboxylic acids is 2. The lowest BCUT2D eigenvalue weighted by atomic mass is 9.93. The molecule has 1 aliphatic heterocycles. The first-order chi connectivity index (χ1) is 12.6. The van der Waals surface area contributed by atoms with Crippen molar-refractivity contribution in [2.45, 2.75) is 32.1 Å². The van der Waals surface area contributed by atoms with Crippen LogP contribution in [0, 0.1) is 0 Å². The molecule has 0 aromatic carbocycles. The summed E-state index contributed by atoms with van der Waals surface area (Å²) in [6, 6.07) is 3.34. The van der Waals surface area contributed by atoms with Gasteiger partial charge in [0.05, 0.1) is 13.2 Å². The van der Waals surface area contributed by atoms with E-state index in [1.807, 2.05) is 6.07 Å². The Morgan fingerprint density at radius 1 is 1.38 bits per heavy atom. The van der Waals surface area contributed by atoms with Gasteiger partial charge in [-0.3, -0.25) is 14.9 Å². The summed E-state index contributed by atoms with van der Waals surface area (Å²) in [5.41, 5.74) is 0.875. The van der Waals surface area contributed by atoms with E-state index in [1.165, 1.54) is 13.2 Å². The third-order valence-electron chi connectivity index (χ3n) is 4.36. The zero-order valence-corrected chi connectivity index (χ0v) is 14.8. The molecular formula is C17H21N5O4. The van der Waals surface area contributed by atoms with Crippen molar-refractivity contribution in [1.82, 2.24) is 20.0 Å². The predicted octanol–water partition coefficient (Wildman–Crippen LogP) is 1.84. The number of nitrogens with zero attached hydrogens (tertiary/aromatic N) is 4. The summed E-state index contributed by atoms with van der Waals surface area (Å²) in [6.45, 7) is 2.95. The molecular weight excluding hydrogens is 338 g/mol. The smallest absolute Gasteiger partial charge is 0.292 e. The molecule has 9 nitrogen and oxygen atoms in total. The van der Waals surface area contributed by atoms with E-state index in [-0.39, 0.29) is 29.4 Å². The van der Waals surface area contributed by atoms with Gasteiger partial charge in [0.2, 0.25) is 17.6 Å². The van der Waals surface area contributed by atoms with Gasteiger partial charge in [0, 0.05) is 37.3 Å². The number of nitrogens with one attached hydrogen (secondary N) is 1. The van der Waals surface area contributed by atoms with E-state index in [2.05, 4.69) is 20.4 Å². The first-order valence-electron chi connectivity index (χ1n) is 8.53. The fourth-order valence-electron chi connectivity index (χ4n) is 2.86. The van der Waals surface area contributed by atoms with E-state index in [1.54, 1.807) is 18.0 Å². The Morgan fingerprint density at radius 2 is 2.15 bits per heavy atom. The minimum atomic E-state index is -0.196. The average molecular weight is 359 g/mol. The van der Waals surface area contributed by atoms with Crippen molar-refractivity contribution in [2.24, 2.45) is 0 Å². The Labute approximate surface area is 150 Å². The van der Waals surface area contributed by atoms with Crippen molar-refractivity contribution < 1.29 is 18.8 Å². The lowest BCUT2D eigenvalue weighted by molar-refractivity contribution is -0.115. The highest BCUT2D eigenvalue weighted by molar-refractivity contribution is 5.91. The quantitative estimate of drug-likeness (QED) is 0.867. The Morgan fingerprint density at radius 3 is 2.81 bits per heavy atom. The average Bonchev–Trinajstić information content (AvgIpc) is 3.17. The van der Waals surface area contributed by atoms with E-state index in [9.17, 15) is 9.59 Å². The summed E-state index contributed by atoms with van der Waals surface area (Å²) in [5, 5.41) is 6.33. The van der Waals surface area contributed by atoms with E-state index in [4.69, 9.17) is 9.26 Å². The van der Waals surface area contributed by atoms with Gasteiger partial charge < -0.3 is 14.2 Å². The van der Waals surface area contributed by atoms with Crippen molar-refractivity contribution >= 4 is 17.8 Å². The molecule has 1 aliphatic rings. The summed E-state index contributed by atoms with van der Waals surface area (Å²) >= 11 is 0. The van der Waals surface area contributed by atoms with E-state index in [0.717, 1.165) is 18.5 Å². The molecule has 1 fully saturated rings. The van der Waals surface area contributed by atoms with Gasteiger partial charge in [-0.1, -0.05) is 6.92 Å². The van der Waals surface area contributed by atoms with Crippen molar-refractivity contribution in [2.75, 3.05) is 25.5 Å². The van der Waals surface area contributed by atoms with E-state index in [0.29, 0.717) is 25.5 Å². The molecule has 138 valence electrons. The maximum absolute atomic E-state index is 12.4. The Kier molecular flexibility index (Phi) is 5.45. The Hall–Kier alpha value is -2.97. The zero-order chi connectivity index (χ0) is 18.5. The zero-order valence-electron chi connectivity index (χ0n) is 14.8. The number of carbonyl (C=O) groups is 2. The number of methoxy groups -OCH3 is 1. The Bertz CT molecular complexity index is 783. The molecule has 0 aliphatic carbocycles. The second kappa shape index (κ2) is 7.94. The number of anilines is 1. The minimum absolute atomic E-state index is 0.120. The number of likely N-dealkylation sites (tertiary alicyclic amines) is 1. The molecule has 3 rings (SSSR count). The number of hydrogen-bond acceptors (Lipinski definition) is 7. The summed E-state index contributed by atoms with van der Waals surface area (Å²) in [6.07, 6.45) is 3.57. The van der Waals surface area contributed by atoms with Crippen LogP contribution in [-0.2, 0) is 4.79 Å². The summed E-state index contributed by atoms with van der Waals surface area (Å²) in [7, 11) is 1.47. The second-order valence-corrected chi connectivity index (χ2v) is 6.01. The van der Waals surface area contributed by atoms with E-state index < -0.39 is 0 Å². The van der Waals surface area contributed by atoms with Gasteiger partial charge in [-0.2, -0.15) is 0 Å². The topological polar surface area (TPSA) is 110 Å². The normalized spacial score (nSPS) is 14.9. The highest BCUT2D eigenvalue weighted by Crippen LogP contribution is 2.28. The maximum Gasteiger partial charge on any atom is 0.292 e. The van der Waals surface area contributed by atoms with Gasteiger partial charge in [0.1, 0.15) is 0 Å². The van der Waals surface area contributed by atoms with Crippen LogP contribution >= 0.6 is 0 Å². The van der Waals surface area contributed by atoms with Crippen molar-refractivity contribution in [3.63, 3.8) is 0 Å². The van der Waals surface area contributed by atoms with Crippen LogP contribution in [0.3, 0.4) is 0 Å². The molecule has 2 amide bonds. The lowest BCUT2D eigenvalue weighted by Gasteiger charge is -2.31. The summed E-state index contributed by atoms with van der Waals surface area (Å²) < 4.78 is 9.95. The second-order valence-electron chi connectivity index (χ2n) is 6.01. The maximum atomic E-state index is 12.4. The number of rotatable bonds is 5. The lowest BCUT2D eigenvalue weighted by Crippen LogP contribution is -2.38. The highest BCUT2D eigenvalue weighted by Gasteiger charge is 2.27. The number of amides is 2. The predicted molar refractivity (Wildman–Crippen MR) is 91.9 cm³/mol. The molecule has 26 heavy (non-hydrogen) atoms. The number of piperidine rings is 1. The minimum Gasteiger partial charge on any atom is -0.479 e. The Balaban J connectivity index is 1.60. The monoisotopic (exact) mass is 359 g/mol. The van der Waals surface area contributed by atoms with Crippen LogP contribution < -0.4 is 10.1 Å². The fourth-order valence-corrected chi connectivity index (χ4v) is 2.86. The van der Waals surface area contributed by atoms with Gasteiger partial charge in [0.25, 0.3) is 11.8 Å². The van der Waals surface area contributed by atoms with Crippen LogP contribution in [0.15, 0.2) is 22.9 Å². The van der Waals surface area contributed by atoms with Gasteiger partial charge in [-0.15, -0.1) is 0 Å². The molecule has 2 aromatic rings. The number of ether oxygens (including phenoxy) is 1. The molecule has 0 atom stereocenters. The highest BCUT2D eigenvalue weighted by atomic mass is 16.5. The van der Waals surface area contributed by atoms with Gasteiger partial charge in [0.15, 0.2) is 0 Å². The fraction of sp³-hybridized carbons (Fsp3) is 0.471. The largest absolute Gasteiger partial charge is 0.479 e. The van der Waals surface area contributed by atoms with Crippen LogP contribution in [0.2, 0.25) is 0 Å². The molecule has 1 N–H and O–H groups in total. The SMILES string of the molecule is CCC(=O)Nc1nccc(C2CCN(C(=O)c3cc(OC)no3)CC2)n1. The molecule has 0 saturated carbocycles. The molecule has 0 spiro atoms. The molecule has 2 aromatic heterocycles. The molecule has 0 bridgehead atoms. The molecule has 0 unspecified atom stereocenters. The van der Waals surface area contributed by atoms with Crippen molar-refractivity contribution in [3.8, 4) is 5.88 Å². The van der Waals surface area contributed by atoms with Gasteiger partial charge in [-0.05, 0) is 24.1 Å². The van der Waals surface area contributed by atoms with Crippen molar-refractivity contribution in [1.29, 1.82) is 0 Å². The third kappa shape index (κ3) is 3.98. The van der Waals surface area contributed by atoms with Crippen LogP contribution in [0.5, 0.6) is 5.88 Å². The van der Waals surface area contributed by atoms with Crippen LogP contribution in [-0.4, -0.2) is 52.0 Å². The number of hydrogen-bond donors (Lipinski definition) is 1. The molecule has 9 heteroatoms. The summed E-state index contributed by atoms with van der Waals surface area (Å²) in [4.78, 5) is 34.2. The molecule has 1 saturated heterocycles. The third-order valence-corrected chi connectivity index (χ3v) is 4.36.